The van der Waals surface area contributed by atoms with Crippen LogP contribution in [0.5, 0.6) is 5.75 Å². The molecule has 0 saturated carbocycles. The van der Waals surface area contributed by atoms with Crippen LogP contribution in [0.15, 0.2) is 47.4 Å². The number of pyridine rings is 1. The molecule has 1 saturated heterocycles. The minimum Gasteiger partial charge on any atom is -0.487 e. The van der Waals surface area contributed by atoms with E-state index in [-0.39, 0.29) is 21.5 Å². The van der Waals surface area contributed by atoms with Crippen molar-refractivity contribution in [2.45, 2.75) is 63.3 Å². The highest BCUT2D eigenvalue weighted by Crippen LogP contribution is 2.33. The van der Waals surface area contributed by atoms with Gasteiger partial charge in [-0.25, -0.2) is 18.2 Å². The quantitative estimate of drug-likeness (QED) is 0.243. The average molecular weight is 708 g/mol. The number of nitrogens with zero attached hydrogens (tertiary/aromatic N) is 2. The Kier molecular flexibility index (Phi) is 12.7. The van der Waals surface area contributed by atoms with Crippen LogP contribution >= 0.6 is 23.2 Å². The molecule has 10 nitrogen and oxygen atoms in total. The van der Waals surface area contributed by atoms with E-state index in [1.807, 2.05) is 31.2 Å². The largest absolute Gasteiger partial charge is 0.490 e. The monoisotopic (exact) mass is 706 g/mol. The molecule has 3 N–H and O–H groups in total. The van der Waals surface area contributed by atoms with Crippen LogP contribution in [0.1, 0.15) is 44.4 Å². The van der Waals surface area contributed by atoms with Crippen LogP contribution in [-0.4, -0.2) is 73.2 Å². The van der Waals surface area contributed by atoms with Crippen molar-refractivity contribution in [3.8, 4) is 5.75 Å². The van der Waals surface area contributed by atoms with Gasteiger partial charge in [-0.05, 0) is 71.0 Å². The van der Waals surface area contributed by atoms with E-state index in [4.69, 9.17) is 37.8 Å². The van der Waals surface area contributed by atoms with Crippen molar-refractivity contribution >= 4 is 56.0 Å². The van der Waals surface area contributed by atoms with Crippen molar-refractivity contribution < 1.29 is 41.0 Å². The Bertz CT molecular complexity index is 1670. The number of alkyl halides is 3. The molecule has 0 atom stereocenters. The Morgan fingerprint density at radius 1 is 1.04 bits per heavy atom. The van der Waals surface area contributed by atoms with Gasteiger partial charge in [0.25, 0.3) is 0 Å². The zero-order valence-electron chi connectivity index (χ0n) is 25.4. The first kappa shape index (κ1) is 37.3. The van der Waals surface area contributed by atoms with Crippen molar-refractivity contribution in [3.63, 3.8) is 0 Å². The van der Waals surface area contributed by atoms with Crippen molar-refractivity contribution in [2.75, 3.05) is 26.2 Å². The summed E-state index contributed by atoms with van der Waals surface area (Å²) < 4.78 is 67.0. The van der Waals surface area contributed by atoms with Gasteiger partial charge in [0.2, 0.25) is 15.9 Å². The summed E-state index contributed by atoms with van der Waals surface area (Å²) in [5, 5.41) is 11.1. The first-order valence-electron chi connectivity index (χ1n) is 14.2. The van der Waals surface area contributed by atoms with Crippen LogP contribution in [0, 0.1) is 6.92 Å². The Morgan fingerprint density at radius 3 is 2.33 bits per heavy atom. The van der Waals surface area contributed by atoms with Gasteiger partial charge in [0, 0.05) is 34.8 Å². The highest BCUT2D eigenvalue weighted by Gasteiger charge is 2.38. The van der Waals surface area contributed by atoms with E-state index >= 15 is 0 Å². The van der Waals surface area contributed by atoms with Crippen LogP contribution in [-0.2, 0) is 26.2 Å². The number of carboxylic acids is 1. The number of likely N-dealkylation sites (tertiary alicyclic amines) is 1. The lowest BCUT2D eigenvalue weighted by molar-refractivity contribution is -0.192. The predicted octanol–water partition coefficient (Wildman–Crippen LogP) is 5.72. The predicted molar refractivity (Wildman–Crippen MR) is 169 cm³/mol. The normalized spacial score (nSPS) is 14.3. The van der Waals surface area contributed by atoms with Crippen LogP contribution in [0.25, 0.3) is 10.9 Å². The number of carbonyl (C=O) groups excluding carboxylic acids is 1. The Balaban J connectivity index is 0.000000738. The Hall–Kier alpha value is -3.17. The lowest BCUT2D eigenvalue weighted by Gasteiger charge is -2.28. The number of sulfonamides is 1. The maximum absolute atomic E-state index is 13.4. The SMILES string of the molecule is Cc1ccc2cccc(OCc3c(Cl)ccc(S(=O)(=O)NC(C)(C)C(=O)NCCN4CCCCC4)c3Cl)c2n1.O=C(O)C(F)(F)F. The second-order valence-corrected chi connectivity index (χ2v) is 13.5. The number of aromatic nitrogens is 1. The highest BCUT2D eigenvalue weighted by atomic mass is 35.5. The molecule has 46 heavy (non-hydrogen) atoms. The van der Waals surface area contributed by atoms with Gasteiger partial charge in [-0.15, -0.1) is 0 Å². The summed E-state index contributed by atoms with van der Waals surface area (Å²) in [7, 11) is -4.18. The molecule has 16 heteroatoms. The molecule has 4 rings (SSSR count). The topological polar surface area (TPSA) is 138 Å². The lowest BCUT2D eigenvalue weighted by atomic mass is 10.1. The van der Waals surface area contributed by atoms with Crippen molar-refractivity contribution in [2.24, 2.45) is 0 Å². The third-order valence-electron chi connectivity index (χ3n) is 7.00. The number of aryl methyl sites for hydroxylation is 1. The van der Waals surface area contributed by atoms with Gasteiger partial charge in [-0.2, -0.15) is 17.9 Å². The van der Waals surface area contributed by atoms with Gasteiger partial charge >= 0.3 is 12.1 Å². The van der Waals surface area contributed by atoms with Gasteiger partial charge < -0.3 is 20.1 Å². The third kappa shape index (κ3) is 10.2. The number of hydrogen-bond donors (Lipinski definition) is 3. The van der Waals surface area contributed by atoms with Crippen molar-refractivity contribution in [1.82, 2.24) is 19.9 Å². The summed E-state index contributed by atoms with van der Waals surface area (Å²) in [6.45, 7) is 8.06. The number of aliphatic carboxylic acids is 1. The average Bonchev–Trinajstić information content (AvgIpc) is 2.96. The molecule has 252 valence electrons. The van der Waals surface area contributed by atoms with E-state index in [0.717, 1.165) is 43.6 Å². The summed E-state index contributed by atoms with van der Waals surface area (Å²) in [4.78, 5) is 28.4. The number of amides is 1. The van der Waals surface area contributed by atoms with E-state index in [1.165, 1.54) is 32.4 Å². The molecule has 1 aliphatic heterocycles. The fourth-order valence-electron chi connectivity index (χ4n) is 4.57. The molecular formula is C30H35Cl2F3N4O6S. The fourth-order valence-corrected chi connectivity index (χ4v) is 6.83. The zero-order valence-corrected chi connectivity index (χ0v) is 27.7. The first-order valence-corrected chi connectivity index (χ1v) is 16.5. The number of nitrogens with one attached hydrogen (secondary N) is 2. The van der Waals surface area contributed by atoms with Crippen LogP contribution in [0.2, 0.25) is 10.0 Å². The molecule has 2 heterocycles. The zero-order chi connectivity index (χ0) is 34.3. The molecule has 0 bridgehead atoms. The number of ether oxygens (including phenoxy) is 1. The number of rotatable bonds is 10. The van der Waals surface area contributed by atoms with E-state index in [0.29, 0.717) is 23.4 Å². The van der Waals surface area contributed by atoms with Gasteiger partial charge in [0.15, 0.2) is 0 Å². The third-order valence-corrected chi connectivity index (χ3v) is 9.59. The van der Waals surface area contributed by atoms with E-state index < -0.39 is 33.6 Å². The van der Waals surface area contributed by atoms with Crippen molar-refractivity contribution in [1.29, 1.82) is 0 Å². The molecule has 1 amide bonds. The molecule has 1 fully saturated rings. The number of benzene rings is 2. The van der Waals surface area contributed by atoms with Gasteiger partial charge in [-0.3, -0.25) is 4.79 Å². The van der Waals surface area contributed by atoms with Gasteiger partial charge in [-0.1, -0.05) is 47.8 Å². The number of piperidine rings is 1. The lowest BCUT2D eigenvalue weighted by Crippen LogP contribution is -2.55. The second kappa shape index (κ2) is 15.6. The molecule has 0 aliphatic carbocycles. The van der Waals surface area contributed by atoms with Crippen LogP contribution in [0.4, 0.5) is 13.2 Å². The summed E-state index contributed by atoms with van der Waals surface area (Å²) >= 11 is 13.0. The molecule has 3 aromatic rings. The Labute approximate surface area is 275 Å². The minimum atomic E-state index is -5.08. The maximum atomic E-state index is 13.4. The van der Waals surface area contributed by atoms with Gasteiger partial charge in [0.1, 0.15) is 28.3 Å². The number of para-hydroxylation sites is 1. The first-order chi connectivity index (χ1) is 21.4. The molecule has 0 radical (unpaired) electrons. The van der Waals surface area contributed by atoms with Crippen molar-refractivity contribution in [3.05, 3.63) is 63.8 Å². The van der Waals surface area contributed by atoms with Gasteiger partial charge in [0.05, 0.1) is 5.02 Å². The van der Waals surface area contributed by atoms with Crippen LogP contribution < -0.4 is 14.8 Å². The summed E-state index contributed by atoms with van der Waals surface area (Å²) in [5.41, 5.74) is 0.428. The van der Waals surface area contributed by atoms with Crippen LogP contribution in [0.3, 0.4) is 0 Å². The number of hydrogen-bond acceptors (Lipinski definition) is 7. The fraction of sp³-hybridized carbons (Fsp3) is 0.433. The number of fused-ring (bicyclic) bond motifs is 1. The Morgan fingerprint density at radius 2 is 1.70 bits per heavy atom. The molecule has 1 aliphatic rings. The highest BCUT2D eigenvalue weighted by molar-refractivity contribution is 7.89. The molecule has 0 unspecified atom stereocenters. The number of carbonyl (C=O) groups is 2. The summed E-state index contributed by atoms with van der Waals surface area (Å²) in [5.74, 6) is -2.65. The van der Waals surface area contributed by atoms with E-state index in [1.54, 1.807) is 6.07 Å². The number of halogens is 5. The van der Waals surface area contributed by atoms with E-state index in [9.17, 15) is 26.4 Å². The minimum absolute atomic E-state index is 0.0688. The second-order valence-electron chi connectivity index (χ2n) is 11.1. The molecule has 2 aromatic carbocycles. The smallest absolute Gasteiger partial charge is 0.487 e. The number of carboxylic acid groups (broad SMARTS) is 1. The molecular weight excluding hydrogens is 672 g/mol. The molecule has 0 spiro atoms. The molecule has 1 aromatic heterocycles. The summed E-state index contributed by atoms with van der Waals surface area (Å²) in [6.07, 6.45) is -1.53. The van der Waals surface area contributed by atoms with E-state index in [2.05, 4.69) is 19.9 Å². The maximum Gasteiger partial charge on any atom is 0.490 e. The standard InChI is InChI=1S/C28H34Cl2N4O4S.C2HF3O2/c1-19-10-11-20-8-7-9-23(26(20)32-19)38-18-21-22(29)12-13-24(25(21)30)39(36,37)33-28(2,3)27(35)31-14-17-34-15-5-4-6-16-34;3-2(4,5)1(6)7/h7-13,33H,4-6,14-18H2,1-3H3,(H,31,35);(H,6,7). The summed E-state index contributed by atoms with van der Waals surface area (Å²) in [6, 6.07) is 12.2.